The Morgan fingerprint density at radius 3 is 2.06 bits per heavy atom. The van der Waals surface area contributed by atoms with E-state index in [1.54, 1.807) is 0 Å². The number of nitrogens with zero attached hydrogens (tertiary/aromatic N) is 5. The van der Waals surface area contributed by atoms with Gasteiger partial charge in [-0.25, -0.2) is 9.97 Å². The van der Waals surface area contributed by atoms with Crippen LogP contribution in [0.1, 0.15) is 22.7 Å². The number of anilines is 1. The van der Waals surface area contributed by atoms with Gasteiger partial charge in [0.1, 0.15) is 5.69 Å². The second kappa shape index (κ2) is 11.0. The molecule has 0 aliphatic carbocycles. The molecule has 5 rings (SSSR count). The lowest BCUT2D eigenvalue weighted by molar-refractivity contribution is -0.121. The third kappa shape index (κ3) is 5.35. The lowest BCUT2D eigenvalue weighted by Crippen LogP contribution is -2.47. The predicted octanol–water partition coefficient (Wildman–Crippen LogP) is 3.88. The molecule has 7 nitrogen and oxygen atoms in total. The van der Waals surface area contributed by atoms with Crippen molar-refractivity contribution in [1.82, 2.24) is 20.2 Å². The number of amides is 1. The van der Waals surface area contributed by atoms with Crippen molar-refractivity contribution in [2.75, 3.05) is 31.1 Å². The molecule has 1 amide bonds. The van der Waals surface area contributed by atoms with Gasteiger partial charge in [-0.3, -0.25) is 9.69 Å². The molecule has 7 heteroatoms. The largest absolute Gasteiger partial charge is 0.352 e. The van der Waals surface area contributed by atoms with E-state index in [2.05, 4.69) is 45.5 Å². The van der Waals surface area contributed by atoms with Gasteiger partial charge in [-0.2, -0.15) is 5.26 Å². The first-order valence-corrected chi connectivity index (χ1v) is 12.2. The summed E-state index contributed by atoms with van der Waals surface area (Å²) in [5, 5.41) is 12.9. The highest BCUT2D eigenvalue weighted by atomic mass is 16.1. The Balaban J connectivity index is 1.37. The van der Waals surface area contributed by atoms with Gasteiger partial charge in [0.2, 0.25) is 5.91 Å². The Labute approximate surface area is 211 Å². The molecule has 2 heterocycles. The first-order chi connectivity index (χ1) is 17.7. The maximum Gasteiger partial charge on any atom is 0.243 e. The lowest BCUT2D eigenvalue weighted by Gasteiger charge is -2.36. The van der Waals surface area contributed by atoms with Gasteiger partial charge in [-0.15, -0.1) is 0 Å². The Morgan fingerprint density at radius 1 is 0.833 bits per heavy atom. The third-order valence-corrected chi connectivity index (χ3v) is 6.47. The topological polar surface area (TPSA) is 85.1 Å². The van der Waals surface area contributed by atoms with Crippen molar-refractivity contribution in [3.8, 4) is 6.07 Å². The number of hydrogen-bond donors (Lipinski definition) is 1. The minimum atomic E-state index is -1.05. The molecule has 1 aliphatic heterocycles. The van der Waals surface area contributed by atoms with Crippen molar-refractivity contribution < 1.29 is 4.79 Å². The number of piperazine rings is 1. The molecule has 4 aromatic rings. The van der Waals surface area contributed by atoms with Crippen molar-refractivity contribution in [3.63, 3.8) is 0 Å². The van der Waals surface area contributed by atoms with Gasteiger partial charge >= 0.3 is 0 Å². The summed E-state index contributed by atoms with van der Waals surface area (Å²) in [5.41, 5.74) is 4.11. The van der Waals surface area contributed by atoms with Crippen LogP contribution in [-0.4, -0.2) is 47.0 Å². The van der Waals surface area contributed by atoms with E-state index in [9.17, 15) is 10.1 Å². The second-order valence-corrected chi connectivity index (χ2v) is 8.94. The molecule has 36 heavy (non-hydrogen) atoms. The van der Waals surface area contributed by atoms with Crippen molar-refractivity contribution in [2.24, 2.45) is 0 Å². The van der Waals surface area contributed by atoms with Gasteiger partial charge in [0, 0.05) is 39.3 Å². The molecule has 0 bridgehead atoms. The van der Waals surface area contributed by atoms with Crippen LogP contribution in [0.25, 0.3) is 11.0 Å². The molecule has 1 aliphatic rings. The van der Waals surface area contributed by atoms with E-state index < -0.39 is 5.92 Å². The Hall–Kier alpha value is -4.28. The standard InChI is InChI=1S/C29H28N6O/c30-19-24(29(36)31-20-22-9-3-1-4-10-22)27-28(33-26-14-8-7-13-25(26)32-27)35-17-15-34(16-18-35)21-23-11-5-2-6-12-23/h1-14,24H,15-18,20-21H2,(H,31,36)/t24-/m0/s1. The molecule has 0 radical (unpaired) electrons. The van der Waals surface area contributed by atoms with Crippen LogP contribution in [0.3, 0.4) is 0 Å². The van der Waals surface area contributed by atoms with Gasteiger partial charge in [-0.05, 0) is 23.3 Å². The normalized spacial score (nSPS) is 14.8. The monoisotopic (exact) mass is 476 g/mol. The van der Waals surface area contributed by atoms with Crippen LogP contribution >= 0.6 is 0 Å². The quantitative estimate of drug-likeness (QED) is 0.436. The minimum absolute atomic E-state index is 0.354. The van der Waals surface area contributed by atoms with Gasteiger partial charge < -0.3 is 10.2 Å². The molecule has 0 saturated carbocycles. The second-order valence-electron chi connectivity index (χ2n) is 8.94. The highest BCUT2D eigenvalue weighted by Gasteiger charge is 2.30. The summed E-state index contributed by atoms with van der Waals surface area (Å²) in [6, 6.07) is 29.9. The summed E-state index contributed by atoms with van der Waals surface area (Å²) >= 11 is 0. The first-order valence-electron chi connectivity index (χ1n) is 12.2. The average Bonchev–Trinajstić information content (AvgIpc) is 2.93. The predicted molar refractivity (Wildman–Crippen MR) is 140 cm³/mol. The highest BCUT2D eigenvalue weighted by molar-refractivity contribution is 5.88. The van der Waals surface area contributed by atoms with E-state index in [1.165, 1.54) is 5.56 Å². The minimum Gasteiger partial charge on any atom is -0.352 e. The van der Waals surface area contributed by atoms with Gasteiger partial charge in [0.15, 0.2) is 11.7 Å². The summed E-state index contributed by atoms with van der Waals surface area (Å²) in [5.74, 6) is -0.799. The summed E-state index contributed by atoms with van der Waals surface area (Å²) < 4.78 is 0. The van der Waals surface area contributed by atoms with E-state index >= 15 is 0 Å². The Bertz CT molecular complexity index is 1360. The smallest absolute Gasteiger partial charge is 0.243 e. The Morgan fingerprint density at radius 2 is 1.42 bits per heavy atom. The van der Waals surface area contributed by atoms with Crippen LogP contribution in [0, 0.1) is 11.3 Å². The molecule has 0 unspecified atom stereocenters. The van der Waals surface area contributed by atoms with Gasteiger partial charge in [0.25, 0.3) is 0 Å². The molecule has 1 atom stereocenters. The number of aromatic nitrogens is 2. The van der Waals surface area contributed by atoms with Crippen molar-refractivity contribution in [1.29, 1.82) is 5.26 Å². The molecule has 3 aromatic carbocycles. The fourth-order valence-corrected chi connectivity index (χ4v) is 4.52. The van der Waals surface area contributed by atoms with Gasteiger partial charge in [-0.1, -0.05) is 72.8 Å². The maximum atomic E-state index is 13.1. The molecule has 0 spiro atoms. The molecular weight excluding hydrogens is 448 g/mol. The van der Waals surface area contributed by atoms with Gasteiger partial charge in [0.05, 0.1) is 17.1 Å². The highest BCUT2D eigenvalue weighted by Crippen LogP contribution is 2.28. The number of carbonyl (C=O) groups excluding carboxylic acids is 1. The number of hydrogen-bond acceptors (Lipinski definition) is 6. The van der Waals surface area contributed by atoms with Crippen LogP contribution in [0.5, 0.6) is 0 Å². The summed E-state index contributed by atoms with van der Waals surface area (Å²) in [6.07, 6.45) is 0. The molecule has 1 saturated heterocycles. The zero-order valence-corrected chi connectivity index (χ0v) is 20.0. The van der Waals surface area contributed by atoms with Crippen molar-refractivity contribution in [3.05, 3.63) is 102 Å². The molecule has 1 N–H and O–H groups in total. The number of para-hydroxylation sites is 2. The average molecular weight is 477 g/mol. The van der Waals surface area contributed by atoms with Crippen molar-refractivity contribution in [2.45, 2.75) is 19.0 Å². The third-order valence-electron chi connectivity index (χ3n) is 6.47. The molecule has 1 aromatic heterocycles. The fraction of sp³-hybridized carbons (Fsp3) is 0.241. The number of carbonyl (C=O) groups is 1. The molecule has 180 valence electrons. The van der Waals surface area contributed by atoms with E-state index in [1.807, 2.05) is 60.7 Å². The van der Waals surface area contributed by atoms with Crippen LogP contribution in [-0.2, 0) is 17.9 Å². The summed E-state index contributed by atoms with van der Waals surface area (Å²) in [6.45, 7) is 4.47. The van der Waals surface area contributed by atoms with Crippen LogP contribution < -0.4 is 10.2 Å². The van der Waals surface area contributed by atoms with E-state index in [4.69, 9.17) is 9.97 Å². The summed E-state index contributed by atoms with van der Waals surface area (Å²) in [7, 11) is 0. The fourth-order valence-electron chi connectivity index (χ4n) is 4.52. The number of fused-ring (bicyclic) bond motifs is 1. The number of rotatable bonds is 7. The van der Waals surface area contributed by atoms with Crippen molar-refractivity contribution >= 4 is 22.8 Å². The Kier molecular flexibility index (Phi) is 7.15. The van der Waals surface area contributed by atoms with E-state index in [0.717, 1.165) is 43.8 Å². The van der Waals surface area contributed by atoms with Crippen LogP contribution in [0.4, 0.5) is 5.82 Å². The molecule has 1 fully saturated rings. The zero-order valence-electron chi connectivity index (χ0n) is 20.0. The van der Waals surface area contributed by atoms with Crippen LogP contribution in [0.2, 0.25) is 0 Å². The lowest BCUT2D eigenvalue weighted by atomic mass is 10.0. The number of benzene rings is 3. The first kappa shape index (κ1) is 23.5. The van der Waals surface area contributed by atoms with E-state index in [-0.39, 0.29) is 5.91 Å². The number of nitrogens with one attached hydrogen (secondary N) is 1. The van der Waals surface area contributed by atoms with E-state index in [0.29, 0.717) is 23.6 Å². The molecular formula is C29H28N6O. The summed E-state index contributed by atoms with van der Waals surface area (Å²) in [4.78, 5) is 27.4. The SMILES string of the molecule is N#C[C@H](C(=O)NCc1ccccc1)c1nc2ccccc2nc1N1CCN(Cc2ccccc2)CC1. The maximum absolute atomic E-state index is 13.1. The zero-order chi connectivity index (χ0) is 24.7. The number of nitriles is 1. The van der Waals surface area contributed by atoms with Crippen LogP contribution in [0.15, 0.2) is 84.9 Å².